The van der Waals surface area contributed by atoms with Gasteiger partial charge in [-0.25, -0.2) is 4.79 Å². The quantitative estimate of drug-likeness (QED) is 0.638. The largest absolute Gasteiger partial charge is 0.481 e. The van der Waals surface area contributed by atoms with Crippen LogP contribution in [0.3, 0.4) is 0 Å². The molecule has 0 bridgehead atoms. The van der Waals surface area contributed by atoms with Gasteiger partial charge >= 0.3 is 12.0 Å². The van der Waals surface area contributed by atoms with E-state index in [1.165, 1.54) is 0 Å². The molecule has 0 aliphatic heterocycles. The molecule has 17 heavy (non-hydrogen) atoms. The standard InChI is InChI=1S/C10H16N4O3/c1-14-7-8(6-13-14)2-4-11-10(17)12-5-3-9(15)16/h6-7H,2-5H2,1H3,(H,15,16)(H2,11,12,17). The van der Waals surface area contributed by atoms with Gasteiger partial charge in [0.15, 0.2) is 0 Å². The number of carboxylic acid groups (broad SMARTS) is 1. The highest BCUT2D eigenvalue weighted by molar-refractivity contribution is 5.74. The number of aryl methyl sites for hydroxylation is 1. The van der Waals surface area contributed by atoms with Crippen LogP contribution in [0.15, 0.2) is 12.4 Å². The van der Waals surface area contributed by atoms with E-state index in [2.05, 4.69) is 15.7 Å². The summed E-state index contributed by atoms with van der Waals surface area (Å²) in [4.78, 5) is 21.4. The number of carboxylic acids is 1. The van der Waals surface area contributed by atoms with Crippen LogP contribution in [-0.4, -0.2) is 40.0 Å². The normalized spacial score (nSPS) is 9.94. The fourth-order valence-electron chi connectivity index (χ4n) is 1.27. The van der Waals surface area contributed by atoms with E-state index < -0.39 is 5.97 Å². The first-order valence-corrected chi connectivity index (χ1v) is 5.29. The second-order valence-corrected chi connectivity index (χ2v) is 3.60. The van der Waals surface area contributed by atoms with Crippen LogP contribution < -0.4 is 10.6 Å². The summed E-state index contributed by atoms with van der Waals surface area (Å²) in [5.74, 6) is -0.930. The Morgan fingerprint density at radius 1 is 1.41 bits per heavy atom. The predicted molar refractivity (Wildman–Crippen MR) is 60.6 cm³/mol. The summed E-state index contributed by atoms with van der Waals surface area (Å²) in [5, 5.41) is 17.5. The van der Waals surface area contributed by atoms with Crippen molar-refractivity contribution in [1.82, 2.24) is 20.4 Å². The summed E-state index contributed by atoms with van der Waals surface area (Å²) in [6.07, 6.45) is 4.24. The molecule has 1 rings (SSSR count). The van der Waals surface area contributed by atoms with E-state index in [0.717, 1.165) is 5.56 Å². The molecule has 0 fully saturated rings. The lowest BCUT2D eigenvalue weighted by Gasteiger charge is -2.05. The van der Waals surface area contributed by atoms with Gasteiger partial charge < -0.3 is 15.7 Å². The number of aliphatic carboxylic acids is 1. The molecular formula is C10H16N4O3. The van der Waals surface area contributed by atoms with E-state index in [9.17, 15) is 9.59 Å². The minimum absolute atomic E-state index is 0.0734. The zero-order valence-corrected chi connectivity index (χ0v) is 9.64. The van der Waals surface area contributed by atoms with Gasteiger partial charge in [0.2, 0.25) is 0 Å². The van der Waals surface area contributed by atoms with Crippen molar-refractivity contribution in [3.63, 3.8) is 0 Å². The zero-order valence-electron chi connectivity index (χ0n) is 9.64. The summed E-state index contributed by atoms with van der Waals surface area (Å²) in [6.45, 7) is 0.624. The molecule has 1 heterocycles. The fraction of sp³-hybridized carbons (Fsp3) is 0.500. The van der Waals surface area contributed by atoms with Crippen molar-refractivity contribution in [2.45, 2.75) is 12.8 Å². The molecule has 0 radical (unpaired) electrons. The van der Waals surface area contributed by atoms with Gasteiger partial charge in [-0.3, -0.25) is 9.48 Å². The monoisotopic (exact) mass is 240 g/mol. The number of rotatable bonds is 6. The maximum Gasteiger partial charge on any atom is 0.314 e. The highest BCUT2D eigenvalue weighted by atomic mass is 16.4. The maximum atomic E-state index is 11.2. The minimum atomic E-state index is -0.930. The lowest BCUT2D eigenvalue weighted by Crippen LogP contribution is -2.37. The first kappa shape index (κ1) is 13.0. The predicted octanol–water partition coefficient (Wildman–Crippen LogP) is -0.263. The molecule has 7 nitrogen and oxygen atoms in total. The number of carbonyl (C=O) groups is 2. The third kappa shape index (κ3) is 5.55. The van der Waals surface area contributed by atoms with Crippen molar-refractivity contribution < 1.29 is 14.7 Å². The van der Waals surface area contributed by atoms with Crippen molar-refractivity contribution in [2.75, 3.05) is 13.1 Å². The van der Waals surface area contributed by atoms with Gasteiger partial charge in [0.25, 0.3) is 0 Å². The van der Waals surface area contributed by atoms with Crippen LogP contribution in [-0.2, 0) is 18.3 Å². The molecule has 94 valence electrons. The molecule has 0 unspecified atom stereocenters. The molecule has 2 amide bonds. The SMILES string of the molecule is Cn1cc(CCNC(=O)NCCC(=O)O)cn1. The van der Waals surface area contributed by atoms with Gasteiger partial charge in [0, 0.05) is 26.3 Å². The second-order valence-electron chi connectivity index (χ2n) is 3.60. The number of hydrogen-bond acceptors (Lipinski definition) is 3. The smallest absolute Gasteiger partial charge is 0.314 e. The molecular weight excluding hydrogens is 224 g/mol. The van der Waals surface area contributed by atoms with Crippen molar-refractivity contribution in [1.29, 1.82) is 0 Å². The van der Waals surface area contributed by atoms with Crippen molar-refractivity contribution >= 4 is 12.0 Å². The Balaban J connectivity index is 2.10. The minimum Gasteiger partial charge on any atom is -0.481 e. The van der Waals surface area contributed by atoms with Crippen LogP contribution in [0.25, 0.3) is 0 Å². The van der Waals surface area contributed by atoms with E-state index >= 15 is 0 Å². The van der Waals surface area contributed by atoms with Crippen molar-refractivity contribution in [3.05, 3.63) is 18.0 Å². The first-order chi connectivity index (χ1) is 8.08. The highest BCUT2D eigenvalue weighted by Crippen LogP contribution is 1.95. The van der Waals surface area contributed by atoms with Crippen LogP contribution in [0.4, 0.5) is 4.79 Å². The Bertz CT molecular complexity index is 389. The lowest BCUT2D eigenvalue weighted by molar-refractivity contribution is -0.136. The Morgan fingerprint density at radius 3 is 2.71 bits per heavy atom. The Labute approximate surface area is 98.8 Å². The number of aromatic nitrogens is 2. The average Bonchev–Trinajstić information content (AvgIpc) is 2.63. The highest BCUT2D eigenvalue weighted by Gasteiger charge is 2.02. The summed E-state index contributed by atoms with van der Waals surface area (Å²) in [5.41, 5.74) is 1.04. The lowest BCUT2D eigenvalue weighted by atomic mass is 10.2. The molecule has 0 aliphatic carbocycles. The first-order valence-electron chi connectivity index (χ1n) is 5.29. The molecule has 0 aromatic carbocycles. The van der Waals surface area contributed by atoms with Crippen LogP contribution in [0.2, 0.25) is 0 Å². The molecule has 7 heteroatoms. The number of amides is 2. The number of nitrogens with zero attached hydrogens (tertiary/aromatic N) is 2. The molecule has 3 N–H and O–H groups in total. The van der Waals surface area contributed by atoms with E-state index in [1.807, 2.05) is 13.2 Å². The van der Waals surface area contributed by atoms with E-state index in [1.54, 1.807) is 10.9 Å². The van der Waals surface area contributed by atoms with E-state index in [4.69, 9.17) is 5.11 Å². The van der Waals surface area contributed by atoms with Gasteiger partial charge in [0.05, 0.1) is 12.6 Å². The fourth-order valence-corrected chi connectivity index (χ4v) is 1.27. The van der Waals surface area contributed by atoms with Gasteiger partial charge in [0.1, 0.15) is 0 Å². The summed E-state index contributed by atoms with van der Waals surface area (Å²) in [6, 6.07) is -0.352. The van der Waals surface area contributed by atoms with Gasteiger partial charge in [-0.05, 0) is 12.0 Å². The topological polar surface area (TPSA) is 96.2 Å². The number of nitrogens with one attached hydrogen (secondary N) is 2. The van der Waals surface area contributed by atoms with Gasteiger partial charge in [-0.2, -0.15) is 5.10 Å². The summed E-state index contributed by atoms with van der Waals surface area (Å²) in [7, 11) is 1.83. The number of hydrogen-bond donors (Lipinski definition) is 3. The third-order valence-corrected chi connectivity index (χ3v) is 2.08. The Kier molecular flexibility index (Phi) is 4.99. The zero-order chi connectivity index (χ0) is 12.7. The Hall–Kier alpha value is -2.05. The number of urea groups is 1. The van der Waals surface area contributed by atoms with Crippen LogP contribution >= 0.6 is 0 Å². The molecule has 0 saturated carbocycles. The second kappa shape index (κ2) is 6.51. The van der Waals surface area contributed by atoms with Crippen molar-refractivity contribution in [3.8, 4) is 0 Å². The van der Waals surface area contributed by atoms with Crippen molar-refractivity contribution in [2.24, 2.45) is 7.05 Å². The molecule has 0 spiro atoms. The van der Waals surface area contributed by atoms with Crippen LogP contribution in [0, 0.1) is 0 Å². The maximum absolute atomic E-state index is 11.2. The third-order valence-electron chi connectivity index (χ3n) is 2.08. The Morgan fingerprint density at radius 2 is 2.12 bits per heavy atom. The molecule has 0 atom stereocenters. The summed E-state index contributed by atoms with van der Waals surface area (Å²) >= 11 is 0. The summed E-state index contributed by atoms with van der Waals surface area (Å²) < 4.78 is 1.70. The molecule has 1 aromatic rings. The molecule has 0 aliphatic rings. The molecule has 0 saturated heterocycles. The van der Waals surface area contributed by atoms with Gasteiger partial charge in [-0.1, -0.05) is 0 Å². The van der Waals surface area contributed by atoms with Crippen LogP contribution in [0.5, 0.6) is 0 Å². The van der Waals surface area contributed by atoms with Crippen LogP contribution in [0.1, 0.15) is 12.0 Å². The average molecular weight is 240 g/mol. The van der Waals surface area contributed by atoms with E-state index in [-0.39, 0.29) is 19.0 Å². The molecule has 1 aromatic heterocycles. The van der Waals surface area contributed by atoms with Gasteiger partial charge in [-0.15, -0.1) is 0 Å². The van der Waals surface area contributed by atoms with E-state index in [0.29, 0.717) is 13.0 Å². The number of carbonyl (C=O) groups excluding carboxylic acids is 1.